The van der Waals surface area contributed by atoms with Gasteiger partial charge in [-0.3, -0.25) is 0 Å². The van der Waals surface area contributed by atoms with Crippen LogP contribution in [0.15, 0.2) is 29.2 Å². The van der Waals surface area contributed by atoms with Gasteiger partial charge in [0.25, 0.3) is 0 Å². The Morgan fingerprint density at radius 3 is 2.39 bits per heavy atom. The van der Waals surface area contributed by atoms with E-state index < -0.39 is 10.0 Å². The Labute approximate surface area is 116 Å². The molecule has 0 unspecified atom stereocenters. The molecule has 0 spiro atoms. The first kappa shape index (κ1) is 12.6. The molecule has 5 heteroatoms. The van der Waals surface area contributed by atoms with Crippen LogP contribution in [0.3, 0.4) is 0 Å². The van der Waals surface area contributed by atoms with Crippen molar-refractivity contribution in [2.45, 2.75) is 48.0 Å². The third-order valence-corrected chi connectivity index (χ3v) is 6.97. The maximum Gasteiger partial charge on any atom is 0.243 e. The zero-order valence-corrected chi connectivity index (χ0v) is 12.6. The lowest BCUT2D eigenvalue weighted by Gasteiger charge is -2.22. The van der Waals surface area contributed by atoms with Crippen molar-refractivity contribution in [2.75, 3.05) is 0 Å². The minimum atomic E-state index is -3.32. The Morgan fingerprint density at radius 1 is 1.22 bits per heavy atom. The molecule has 2 aliphatic heterocycles. The molecule has 0 aromatic heterocycles. The largest absolute Gasteiger partial charge is 0.243 e. The van der Waals surface area contributed by atoms with Gasteiger partial charge in [0.2, 0.25) is 10.0 Å². The number of nitrogens with zero attached hydrogens (tertiary/aromatic N) is 1. The van der Waals surface area contributed by atoms with Gasteiger partial charge in [-0.15, -0.1) is 0 Å². The van der Waals surface area contributed by atoms with Crippen LogP contribution in [0, 0.1) is 6.92 Å². The van der Waals surface area contributed by atoms with Gasteiger partial charge in [0.05, 0.1) is 4.90 Å². The predicted octanol–water partition coefficient (Wildman–Crippen LogP) is 2.68. The van der Waals surface area contributed by atoms with Gasteiger partial charge in [0, 0.05) is 16.9 Å². The molecule has 2 heterocycles. The van der Waals surface area contributed by atoms with Crippen molar-refractivity contribution >= 4 is 26.0 Å². The summed E-state index contributed by atoms with van der Waals surface area (Å²) in [6.45, 7) is 1.96. The fraction of sp³-hybridized carbons (Fsp3) is 0.538. The van der Waals surface area contributed by atoms with Crippen molar-refractivity contribution in [3.8, 4) is 0 Å². The van der Waals surface area contributed by atoms with E-state index in [4.69, 9.17) is 0 Å². The zero-order chi connectivity index (χ0) is 12.9. The number of alkyl halides is 1. The summed E-state index contributed by atoms with van der Waals surface area (Å²) >= 11 is 3.61. The van der Waals surface area contributed by atoms with Gasteiger partial charge < -0.3 is 0 Å². The van der Waals surface area contributed by atoms with Gasteiger partial charge in [-0.2, -0.15) is 4.31 Å². The monoisotopic (exact) mass is 329 g/mol. The Bertz CT molecular complexity index is 555. The minimum Gasteiger partial charge on any atom is -0.207 e. The highest BCUT2D eigenvalue weighted by Gasteiger charge is 2.51. The fourth-order valence-corrected chi connectivity index (χ4v) is 6.10. The van der Waals surface area contributed by atoms with Crippen LogP contribution < -0.4 is 0 Å². The van der Waals surface area contributed by atoms with Gasteiger partial charge in [-0.05, 0) is 38.3 Å². The molecule has 98 valence electrons. The fourth-order valence-electron chi connectivity index (χ4n) is 3.07. The number of hydrogen-bond acceptors (Lipinski definition) is 2. The second-order valence-corrected chi connectivity index (χ2v) is 8.22. The number of rotatable bonds is 2. The van der Waals surface area contributed by atoms with Gasteiger partial charge in [-0.1, -0.05) is 33.6 Å². The summed E-state index contributed by atoms with van der Waals surface area (Å²) in [6, 6.07) is 7.47. The maximum absolute atomic E-state index is 12.7. The number of benzene rings is 1. The molecule has 2 saturated heterocycles. The molecule has 1 aromatic rings. The van der Waals surface area contributed by atoms with E-state index in [0.29, 0.717) is 9.72 Å². The molecular formula is C13H16BrNO2S. The van der Waals surface area contributed by atoms with Crippen LogP contribution in [0.1, 0.15) is 24.8 Å². The van der Waals surface area contributed by atoms with Crippen molar-refractivity contribution < 1.29 is 8.42 Å². The molecule has 0 radical (unpaired) electrons. The summed E-state index contributed by atoms with van der Waals surface area (Å²) in [5.41, 5.74) is 1.08. The predicted molar refractivity (Wildman–Crippen MR) is 74.3 cm³/mol. The molecular weight excluding hydrogens is 314 g/mol. The number of aryl methyl sites for hydroxylation is 1. The third-order valence-electron chi connectivity index (χ3n) is 3.99. The summed E-state index contributed by atoms with van der Waals surface area (Å²) < 4.78 is 27.0. The highest BCUT2D eigenvalue weighted by atomic mass is 79.9. The Kier molecular flexibility index (Phi) is 3.03. The van der Waals surface area contributed by atoms with E-state index in [1.165, 1.54) is 0 Å². The van der Waals surface area contributed by atoms with E-state index in [-0.39, 0.29) is 12.1 Å². The van der Waals surface area contributed by atoms with Crippen LogP contribution in [-0.4, -0.2) is 29.6 Å². The molecule has 0 amide bonds. The molecule has 2 fully saturated rings. The van der Waals surface area contributed by atoms with E-state index >= 15 is 0 Å². The number of fused-ring (bicyclic) bond motifs is 2. The standard InChI is InChI=1S/C13H16BrNO2S/c1-9-2-5-11(6-3-9)18(16,17)15-10-4-7-13(15)12(14)8-10/h2-3,5-6,10,12-13H,4,7-8H2,1H3/t10-,12-,13+/m0/s1. The number of sulfonamides is 1. The molecule has 0 saturated carbocycles. The van der Waals surface area contributed by atoms with Crippen molar-refractivity contribution in [3.05, 3.63) is 29.8 Å². The smallest absolute Gasteiger partial charge is 0.207 e. The third kappa shape index (κ3) is 1.84. The van der Waals surface area contributed by atoms with Crippen molar-refractivity contribution in [1.82, 2.24) is 4.31 Å². The average molecular weight is 330 g/mol. The molecule has 3 rings (SSSR count). The lowest BCUT2D eigenvalue weighted by molar-refractivity contribution is 0.397. The Balaban J connectivity index is 1.99. The molecule has 2 bridgehead atoms. The second-order valence-electron chi connectivity index (χ2n) is 5.20. The molecule has 3 atom stereocenters. The van der Waals surface area contributed by atoms with Crippen LogP contribution in [0.4, 0.5) is 0 Å². The van der Waals surface area contributed by atoms with E-state index in [1.54, 1.807) is 16.4 Å². The number of halogens is 1. The summed E-state index contributed by atoms with van der Waals surface area (Å²) in [5, 5.41) is 0. The van der Waals surface area contributed by atoms with Gasteiger partial charge in [-0.25, -0.2) is 8.42 Å². The first-order valence-electron chi connectivity index (χ1n) is 6.24. The maximum atomic E-state index is 12.7. The van der Waals surface area contributed by atoms with Gasteiger partial charge in [0.15, 0.2) is 0 Å². The van der Waals surface area contributed by atoms with Crippen LogP contribution in [0.25, 0.3) is 0 Å². The van der Waals surface area contributed by atoms with Crippen LogP contribution >= 0.6 is 15.9 Å². The lowest BCUT2D eigenvalue weighted by Crippen LogP contribution is -2.36. The zero-order valence-electron chi connectivity index (χ0n) is 10.2. The van der Waals surface area contributed by atoms with Crippen LogP contribution in [-0.2, 0) is 10.0 Å². The van der Waals surface area contributed by atoms with E-state index in [1.807, 2.05) is 19.1 Å². The van der Waals surface area contributed by atoms with Crippen LogP contribution in [0.2, 0.25) is 0 Å². The molecule has 3 nitrogen and oxygen atoms in total. The average Bonchev–Trinajstić information content (AvgIpc) is 2.86. The molecule has 18 heavy (non-hydrogen) atoms. The van der Waals surface area contributed by atoms with Gasteiger partial charge in [0.1, 0.15) is 0 Å². The summed E-state index contributed by atoms with van der Waals surface area (Å²) in [5.74, 6) is 0. The lowest BCUT2D eigenvalue weighted by atomic mass is 10.0. The molecule has 0 aliphatic carbocycles. The SMILES string of the molecule is Cc1ccc(S(=O)(=O)N2[C@H]3CC[C@@H]2[C@@H](Br)C3)cc1. The second kappa shape index (κ2) is 4.32. The first-order chi connectivity index (χ1) is 8.50. The van der Waals surface area contributed by atoms with Crippen molar-refractivity contribution in [1.29, 1.82) is 0 Å². The van der Waals surface area contributed by atoms with Crippen LogP contribution in [0.5, 0.6) is 0 Å². The summed E-state index contributed by atoms with van der Waals surface area (Å²) in [4.78, 5) is 0.739. The highest BCUT2D eigenvalue weighted by Crippen LogP contribution is 2.44. The van der Waals surface area contributed by atoms with Crippen molar-refractivity contribution in [3.63, 3.8) is 0 Å². The molecule has 2 aliphatic rings. The quantitative estimate of drug-likeness (QED) is 0.782. The Morgan fingerprint density at radius 2 is 1.89 bits per heavy atom. The topological polar surface area (TPSA) is 37.4 Å². The number of hydrogen-bond donors (Lipinski definition) is 0. The molecule has 0 N–H and O–H groups in total. The highest BCUT2D eigenvalue weighted by molar-refractivity contribution is 9.09. The minimum absolute atomic E-state index is 0.140. The normalized spacial score (nSPS) is 32.0. The van der Waals surface area contributed by atoms with Crippen molar-refractivity contribution in [2.24, 2.45) is 0 Å². The molecule has 1 aromatic carbocycles. The first-order valence-corrected chi connectivity index (χ1v) is 8.60. The van der Waals surface area contributed by atoms with Gasteiger partial charge >= 0.3 is 0 Å². The summed E-state index contributed by atoms with van der Waals surface area (Å²) in [7, 11) is -3.32. The van der Waals surface area contributed by atoms with E-state index in [0.717, 1.165) is 24.8 Å². The Hall–Kier alpha value is -0.390. The van der Waals surface area contributed by atoms with E-state index in [9.17, 15) is 8.42 Å². The summed E-state index contributed by atoms with van der Waals surface area (Å²) in [6.07, 6.45) is 2.92. The van der Waals surface area contributed by atoms with E-state index in [2.05, 4.69) is 15.9 Å².